The molecule has 1 aliphatic rings. The topological polar surface area (TPSA) is 85.1 Å². The molecular formula is C12H12N6O. The molecule has 2 aromatic rings. The number of hydrazone groups is 1. The van der Waals surface area contributed by atoms with Gasteiger partial charge in [0.15, 0.2) is 5.82 Å². The Morgan fingerprint density at radius 1 is 1.37 bits per heavy atom. The Morgan fingerprint density at radius 2 is 2.26 bits per heavy atom. The van der Waals surface area contributed by atoms with Crippen LogP contribution in [0.3, 0.4) is 0 Å². The van der Waals surface area contributed by atoms with Crippen molar-refractivity contribution in [2.75, 3.05) is 0 Å². The van der Waals surface area contributed by atoms with Gasteiger partial charge in [0.1, 0.15) is 5.69 Å². The number of amides is 1. The van der Waals surface area contributed by atoms with E-state index in [1.165, 1.54) is 0 Å². The summed E-state index contributed by atoms with van der Waals surface area (Å²) in [6, 6.07) is 5.47. The van der Waals surface area contributed by atoms with Crippen LogP contribution in [0.4, 0.5) is 0 Å². The van der Waals surface area contributed by atoms with Crippen LogP contribution in [0.2, 0.25) is 0 Å². The maximum Gasteiger partial charge on any atom is 0.240 e. The van der Waals surface area contributed by atoms with Crippen LogP contribution in [0.1, 0.15) is 19.0 Å². The minimum Gasteiger partial charge on any atom is -0.273 e. The minimum atomic E-state index is -0.0719. The summed E-state index contributed by atoms with van der Waals surface area (Å²) in [6.07, 6.45) is 3.89. The van der Waals surface area contributed by atoms with Crippen LogP contribution in [-0.4, -0.2) is 31.6 Å². The Balaban J connectivity index is 1.89. The van der Waals surface area contributed by atoms with Crippen LogP contribution in [0.15, 0.2) is 35.7 Å². The summed E-state index contributed by atoms with van der Waals surface area (Å²) in [6.45, 7) is 1.95. The van der Waals surface area contributed by atoms with Gasteiger partial charge in [-0.25, -0.2) is 10.1 Å². The minimum absolute atomic E-state index is 0.0404. The third-order valence-electron chi connectivity index (χ3n) is 2.91. The smallest absolute Gasteiger partial charge is 0.240 e. The van der Waals surface area contributed by atoms with E-state index in [1.54, 1.807) is 17.1 Å². The summed E-state index contributed by atoms with van der Waals surface area (Å²) in [7, 11) is 0. The van der Waals surface area contributed by atoms with E-state index in [1.807, 2.05) is 25.1 Å². The number of rotatable bonds is 2. The third kappa shape index (κ3) is 2.22. The van der Waals surface area contributed by atoms with Crippen LogP contribution in [-0.2, 0) is 4.79 Å². The van der Waals surface area contributed by atoms with E-state index in [-0.39, 0.29) is 11.8 Å². The molecule has 0 radical (unpaired) electrons. The summed E-state index contributed by atoms with van der Waals surface area (Å²) in [4.78, 5) is 11.2. The van der Waals surface area contributed by atoms with E-state index in [9.17, 15) is 4.79 Å². The van der Waals surface area contributed by atoms with Gasteiger partial charge in [-0.1, -0.05) is 6.92 Å². The largest absolute Gasteiger partial charge is 0.273 e. The number of hydrogen-bond donors (Lipinski definition) is 1. The molecule has 0 spiro atoms. The van der Waals surface area contributed by atoms with Crippen molar-refractivity contribution in [1.29, 1.82) is 0 Å². The summed E-state index contributed by atoms with van der Waals surface area (Å²) < 4.78 is 1.63. The van der Waals surface area contributed by atoms with Crippen LogP contribution < -0.4 is 5.43 Å². The first-order valence-electron chi connectivity index (χ1n) is 5.94. The highest BCUT2D eigenvalue weighted by atomic mass is 16.2. The predicted molar refractivity (Wildman–Crippen MR) is 67.6 cm³/mol. The SMILES string of the molecule is CC1CC(=O)NN=C1c1ccc(-n2cccn2)nn1. The molecule has 1 N–H and O–H groups in total. The Kier molecular flexibility index (Phi) is 2.79. The zero-order valence-electron chi connectivity index (χ0n) is 10.3. The Hall–Kier alpha value is -2.57. The van der Waals surface area contributed by atoms with E-state index < -0.39 is 0 Å². The number of hydrogen-bond acceptors (Lipinski definition) is 5. The third-order valence-corrected chi connectivity index (χ3v) is 2.91. The van der Waals surface area contributed by atoms with Crippen molar-refractivity contribution in [3.63, 3.8) is 0 Å². The van der Waals surface area contributed by atoms with Crippen LogP contribution in [0, 0.1) is 5.92 Å². The second-order valence-corrected chi connectivity index (χ2v) is 4.36. The van der Waals surface area contributed by atoms with Gasteiger partial charge in [0.05, 0.1) is 5.71 Å². The van der Waals surface area contributed by atoms with Crippen molar-refractivity contribution in [2.24, 2.45) is 11.0 Å². The molecule has 7 nitrogen and oxygen atoms in total. The first kappa shape index (κ1) is 11.5. The van der Waals surface area contributed by atoms with E-state index in [0.717, 1.165) is 5.71 Å². The summed E-state index contributed by atoms with van der Waals surface area (Å²) in [5.41, 5.74) is 3.89. The second-order valence-electron chi connectivity index (χ2n) is 4.36. The maximum atomic E-state index is 11.2. The molecule has 1 atom stereocenters. The fraction of sp³-hybridized carbons (Fsp3) is 0.250. The zero-order chi connectivity index (χ0) is 13.2. The van der Waals surface area contributed by atoms with Gasteiger partial charge < -0.3 is 0 Å². The molecule has 0 saturated heterocycles. The monoisotopic (exact) mass is 256 g/mol. The maximum absolute atomic E-state index is 11.2. The first-order chi connectivity index (χ1) is 9.24. The highest BCUT2D eigenvalue weighted by Crippen LogP contribution is 2.14. The summed E-state index contributed by atoms with van der Waals surface area (Å²) in [5, 5.41) is 16.4. The average Bonchev–Trinajstić information content (AvgIpc) is 2.93. The first-order valence-corrected chi connectivity index (χ1v) is 5.94. The molecule has 0 aromatic carbocycles. The molecule has 0 fully saturated rings. The number of nitrogens with one attached hydrogen (secondary N) is 1. The van der Waals surface area contributed by atoms with E-state index in [0.29, 0.717) is 17.9 Å². The van der Waals surface area contributed by atoms with Gasteiger partial charge in [0, 0.05) is 24.7 Å². The molecular weight excluding hydrogens is 244 g/mol. The fourth-order valence-corrected chi connectivity index (χ4v) is 1.95. The molecule has 19 heavy (non-hydrogen) atoms. The molecule has 7 heteroatoms. The normalized spacial score (nSPS) is 18.9. The molecule has 0 bridgehead atoms. The van der Waals surface area contributed by atoms with Gasteiger partial charge in [-0.3, -0.25) is 4.79 Å². The molecule has 1 amide bonds. The number of carbonyl (C=O) groups excluding carboxylic acids is 1. The van der Waals surface area contributed by atoms with Crippen LogP contribution in [0.25, 0.3) is 5.82 Å². The molecule has 3 rings (SSSR count). The molecule has 0 saturated carbocycles. The lowest BCUT2D eigenvalue weighted by Gasteiger charge is -2.17. The van der Waals surface area contributed by atoms with Gasteiger partial charge in [-0.05, 0) is 18.2 Å². The molecule has 1 aliphatic heterocycles. The van der Waals surface area contributed by atoms with Crippen molar-refractivity contribution in [3.8, 4) is 5.82 Å². The van der Waals surface area contributed by atoms with E-state index in [4.69, 9.17) is 0 Å². The second kappa shape index (κ2) is 4.60. The molecule has 3 heterocycles. The van der Waals surface area contributed by atoms with E-state index >= 15 is 0 Å². The average molecular weight is 256 g/mol. The van der Waals surface area contributed by atoms with E-state index in [2.05, 4.69) is 25.8 Å². The van der Waals surface area contributed by atoms with Crippen LogP contribution >= 0.6 is 0 Å². The number of nitrogens with zero attached hydrogens (tertiary/aromatic N) is 5. The van der Waals surface area contributed by atoms with Gasteiger partial charge >= 0.3 is 0 Å². The summed E-state index contributed by atoms with van der Waals surface area (Å²) in [5.74, 6) is 0.609. The molecule has 0 aliphatic carbocycles. The van der Waals surface area contributed by atoms with Crippen molar-refractivity contribution in [3.05, 3.63) is 36.3 Å². The summed E-state index contributed by atoms with van der Waals surface area (Å²) >= 11 is 0. The van der Waals surface area contributed by atoms with Crippen molar-refractivity contribution >= 4 is 11.6 Å². The lowest BCUT2D eigenvalue weighted by molar-refractivity contribution is -0.121. The highest BCUT2D eigenvalue weighted by molar-refractivity contribution is 6.04. The Morgan fingerprint density at radius 3 is 2.89 bits per heavy atom. The zero-order valence-corrected chi connectivity index (χ0v) is 10.3. The Labute approximate surface area is 109 Å². The number of aromatic nitrogens is 4. The molecule has 2 aromatic heterocycles. The van der Waals surface area contributed by atoms with Crippen LogP contribution in [0.5, 0.6) is 0 Å². The van der Waals surface area contributed by atoms with Crippen molar-refractivity contribution in [1.82, 2.24) is 25.4 Å². The Bertz CT molecular complexity index is 616. The highest BCUT2D eigenvalue weighted by Gasteiger charge is 2.22. The van der Waals surface area contributed by atoms with Gasteiger partial charge in [0.25, 0.3) is 0 Å². The molecule has 96 valence electrons. The van der Waals surface area contributed by atoms with Gasteiger partial charge in [0.2, 0.25) is 5.91 Å². The van der Waals surface area contributed by atoms with Crippen molar-refractivity contribution in [2.45, 2.75) is 13.3 Å². The fourth-order valence-electron chi connectivity index (χ4n) is 1.95. The standard InChI is InChI=1S/C12H12N6O/c1-8-7-11(19)16-17-12(8)9-3-4-10(15-14-9)18-6-2-5-13-18/h2-6,8H,7H2,1H3,(H,16,19). The van der Waals surface area contributed by atoms with Gasteiger partial charge in [-0.2, -0.15) is 10.2 Å². The lowest BCUT2D eigenvalue weighted by Crippen LogP contribution is -2.32. The predicted octanol–water partition coefficient (Wildman–Crippen LogP) is 0.522. The van der Waals surface area contributed by atoms with Crippen molar-refractivity contribution < 1.29 is 4.79 Å². The quantitative estimate of drug-likeness (QED) is 0.849. The molecule has 1 unspecified atom stereocenters. The number of carbonyl (C=O) groups is 1. The lowest BCUT2D eigenvalue weighted by atomic mass is 9.97. The van der Waals surface area contributed by atoms with Gasteiger partial charge in [-0.15, -0.1) is 10.2 Å².